The van der Waals surface area contributed by atoms with E-state index in [1.165, 1.54) is 0 Å². The summed E-state index contributed by atoms with van der Waals surface area (Å²) in [6.45, 7) is 6.13. The topological polar surface area (TPSA) is 58.6 Å². The predicted octanol–water partition coefficient (Wildman–Crippen LogP) is 2.06. The van der Waals surface area contributed by atoms with Gasteiger partial charge in [0.25, 0.3) is 5.91 Å². The molecule has 1 atom stereocenters. The van der Waals surface area contributed by atoms with Crippen LogP contribution in [0.1, 0.15) is 24.2 Å². The van der Waals surface area contributed by atoms with Gasteiger partial charge in [-0.25, -0.2) is 0 Å². The highest BCUT2D eigenvalue weighted by Gasteiger charge is 2.29. The second-order valence-corrected chi connectivity index (χ2v) is 6.56. The molecule has 2 rings (SSSR count). The highest BCUT2D eigenvalue weighted by Crippen LogP contribution is 2.13. The van der Waals surface area contributed by atoms with Crippen LogP contribution in [0, 0.1) is 5.92 Å². The van der Waals surface area contributed by atoms with Crippen LogP contribution >= 0.6 is 15.9 Å². The number of hydrogen-bond acceptors (Lipinski definition) is 3. The van der Waals surface area contributed by atoms with Crippen molar-refractivity contribution in [3.05, 3.63) is 34.3 Å². The van der Waals surface area contributed by atoms with Crippen LogP contribution in [0.25, 0.3) is 0 Å². The van der Waals surface area contributed by atoms with E-state index in [0.717, 1.165) is 4.47 Å². The molecule has 0 saturated carbocycles. The van der Waals surface area contributed by atoms with Gasteiger partial charge in [0.1, 0.15) is 6.04 Å². The van der Waals surface area contributed by atoms with Gasteiger partial charge < -0.3 is 15.0 Å². The summed E-state index contributed by atoms with van der Waals surface area (Å²) in [4.78, 5) is 26.8. The second-order valence-electron chi connectivity index (χ2n) is 5.64. The van der Waals surface area contributed by atoms with Crippen LogP contribution in [-0.4, -0.2) is 49.1 Å². The Kier molecular flexibility index (Phi) is 5.97. The van der Waals surface area contributed by atoms with Gasteiger partial charge in [0, 0.05) is 23.1 Å². The van der Waals surface area contributed by atoms with E-state index in [4.69, 9.17) is 4.74 Å². The molecule has 0 aliphatic carbocycles. The third kappa shape index (κ3) is 4.30. The summed E-state index contributed by atoms with van der Waals surface area (Å²) in [6.07, 6.45) is 0. The number of nitrogens with zero attached hydrogens (tertiary/aromatic N) is 1. The lowest BCUT2D eigenvalue weighted by molar-refractivity contribution is -0.138. The molecule has 0 bridgehead atoms. The minimum Gasteiger partial charge on any atom is -0.378 e. The Labute approximate surface area is 139 Å². The Morgan fingerprint density at radius 1 is 1.27 bits per heavy atom. The van der Waals surface area contributed by atoms with Crippen molar-refractivity contribution >= 4 is 27.7 Å². The van der Waals surface area contributed by atoms with Crippen molar-refractivity contribution in [2.75, 3.05) is 26.3 Å². The van der Waals surface area contributed by atoms with Crippen molar-refractivity contribution in [3.63, 3.8) is 0 Å². The van der Waals surface area contributed by atoms with Gasteiger partial charge in [-0.05, 0) is 24.1 Å². The Balaban J connectivity index is 2.08. The lowest BCUT2D eigenvalue weighted by Crippen LogP contribution is -2.53. The zero-order valence-corrected chi connectivity index (χ0v) is 14.4. The summed E-state index contributed by atoms with van der Waals surface area (Å²) < 4.78 is 6.10. The number of morpholine rings is 1. The van der Waals surface area contributed by atoms with Crippen LogP contribution in [0.4, 0.5) is 0 Å². The summed E-state index contributed by atoms with van der Waals surface area (Å²) in [7, 11) is 0. The Hall–Kier alpha value is -1.40. The Morgan fingerprint density at radius 3 is 2.55 bits per heavy atom. The second kappa shape index (κ2) is 7.74. The number of rotatable bonds is 4. The van der Waals surface area contributed by atoms with Crippen LogP contribution in [0.15, 0.2) is 28.7 Å². The number of ether oxygens (including phenoxy) is 1. The molecule has 22 heavy (non-hydrogen) atoms. The molecule has 0 radical (unpaired) electrons. The maximum absolute atomic E-state index is 12.6. The SMILES string of the molecule is CC(C)[C@@H](NC(=O)c1cccc(Br)c1)C(=O)N1CCOCC1. The van der Waals surface area contributed by atoms with Gasteiger partial charge in [-0.3, -0.25) is 9.59 Å². The maximum atomic E-state index is 12.6. The molecule has 0 aromatic heterocycles. The number of carbonyl (C=O) groups is 2. The summed E-state index contributed by atoms with van der Waals surface area (Å²) in [5.41, 5.74) is 0.537. The van der Waals surface area contributed by atoms with Gasteiger partial charge in [0.2, 0.25) is 5.91 Å². The fraction of sp³-hybridized carbons (Fsp3) is 0.500. The van der Waals surface area contributed by atoms with Gasteiger partial charge in [-0.1, -0.05) is 35.8 Å². The minimum absolute atomic E-state index is 0.0199. The monoisotopic (exact) mass is 368 g/mol. The highest BCUT2D eigenvalue weighted by atomic mass is 79.9. The molecule has 1 N–H and O–H groups in total. The van der Waals surface area contributed by atoms with Crippen LogP contribution in [0.5, 0.6) is 0 Å². The van der Waals surface area contributed by atoms with Crippen molar-refractivity contribution in [1.29, 1.82) is 0 Å². The van der Waals surface area contributed by atoms with Crippen LogP contribution in [-0.2, 0) is 9.53 Å². The molecule has 1 saturated heterocycles. The number of carbonyl (C=O) groups excluding carboxylic acids is 2. The van der Waals surface area contributed by atoms with Crippen LogP contribution in [0.3, 0.4) is 0 Å². The number of nitrogens with one attached hydrogen (secondary N) is 1. The first kappa shape index (κ1) is 17.0. The van der Waals surface area contributed by atoms with Crippen LogP contribution < -0.4 is 5.32 Å². The van der Waals surface area contributed by atoms with Crippen molar-refractivity contribution in [3.8, 4) is 0 Å². The van der Waals surface area contributed by atoms with Crippen LogP contribution in [0.2, 0.25) is 0 Å². The minimum atomic E-state index is -0.524. The summed E-state index contributed by atoms with van der Waals surface area (Å²) >= 11 is 3.35. The number of benzene rings is 1. The standard InChI is InChI=1S/C16H21BrN2O3/c1-11(2)14(16(21)19-6-8-22-9-7-19)18-15(20)12-4-3-5-13(17)10-12/h3-5,10-11,14H,6-9H2,1-2H3,(H,18,20)/t14-/m1/s1. The quantitative estimate of drug-likeness (QED) is 0.884. The third-order valence-corrected chi connectivity index (χ3v) is 4.12. The van der Waals surface area contributed by atoms with E-state index in [-0.39, 0.29) is 17.7 Å². The van der Waals surface area contributed by atoms with E-state index in [9.17, 15) is 9.59 Å². The molecule has 2 amide bonds. The molecule has 6 heteroatoms. The fourth-order valence-corrected chi connectivity index (χ4v) is 2.75. The van der Waals surface area contributed by atoms with Crippen molar-refractivity contribution in [2.45, 2.75) is 19.9 Å². The molecule has 0 spiro atoms. The smallest absolute Gasteiger partial charge is 0.251 e. The zero-order valence-electron chi connectivity index (χ0n) is 12.8. The molecule has 1 aromatic rings. The fourth-order valence-electron chi connectivity index (χ4n) is 2.35. The molecule has 1 aliphatic heterocycles. The van der Waals surface area contributed by atoms with E-state index in [1.54, 1.807) is 23.1 Å². The average molecular weight is 369 g/mol. The van der Waals surface area contributed by atoms with Gasteiger partial charge in [-0.2, -0.15) is 0 Å². The Morgan fingerprint density at radius 2 is 1.95 bits per heavy atom. The van der Waals surface area contributed by atoms with Crippen molar-refractivity contribution in [2.24, 2.45) is 5.92 Å². The van der Waals surface area contributed by atoms with Crippen molar-refractivity contribution < 1.29 is 14.3 Å². The predicted molar refractivity (Wildman–Crippen MR) is 87.6 cm³/mol. The maximum Gasteiger partial charge on any atom is 0.251 e. The van der Waals surface area contributed by atoms with Gasteiger partial charge in [-0.15, -0.1) is 0 Å². The normalized spacial score (nSPS) is 16.5. The molecule has 120 valence electrons. The van der Waals surface area contributed by atoms with E-state index >= 15 is 0 Å². The first-order valence-corrected chi connectivity index (χ1v) is 8.21. The van der Waals surface area contributed by atoms with Gasteiger partial charge >= 0.3 is 0 Å². The first-order chi connectivity index (χ1) is 10.5. The first-order valence-electron chi connectivity index (χ1n) is 7.42. The molecular formula is C16H21BrN2O3. The van der Waals surface area contributed by atoms with E-state index in [2.05, 4.69) is 21.2 Å². The third-order valence-electron chi connectivity index (χ3n) is 3.63. The largest absolute Gasteiger partial charge is 0.378 e. The highest BCUT2D eigenvalue weighted by molar-refractivity contribution is 9.10. The number of hydrogen-bond donors (Lipinski definition) is 1. The van der Waals surface area contributed by atoms with E-state index in [1.807, 2.05) is 19.9 Å². The lowest BCUT2D eigenvalue weighted by atomic mass is 10.0. The van der Waals surface area contributed by atoms with Gasteiger partial charge in [0.15, 0.2) is 0 Å². The molecule has 1 fully saturated rings. The van der Waals surface area contributed by atoms with E-state index < -0.39 is 6.04 Å². The summed E-state index contributed by atoms with van der Waals surface area (Å²) in [5, 5.41) is 2.87. The molecule has 5 nitrogen and oxygen atoms in total. The lowest BCUT2D eigenvalue weighted by Gasteiger charge is -2.32. The zero-order chi connectivity index (χ0) is 16.1. The number of amides is 2. The Bertz CT molecular complexity index is 542. The van der Waals surface area contributed by atoms with Gasteiger partial charge in [0.05, 0.1) is 13.2 Å². The van der Waals surface area contributed by atoms with Crippen molar-refractivity contribution in [1.82, 2.24) is 10.2 Å². The summed E-state index contributed by atoms with van der Waals surface area (Å²) in [6, 6.07) is 6.61. The molecule has 0 unspecified atom stereocenters. The molecular weight excluding hydrogens is 348 g/mol. The summed E-state index contributed by atoms with van der Waals surface area (Å²) in [5.74, 6) is -0.255. The van der Waals surface area contributed by atoms with E-state index in [0.29, 0.717) is 31.9 Å². The molecule has 1 aliphatic rings. The molecule has 1 aromatic carbocycles. The molecule has 1 heterocycles. The number of halogens is 1. The average Bonchev–Trinajstić information content (AvgIpc) is 2.52.